The lowest BCUT2D eigenvalue weighted by molar-refractivity contribution is -0.132. The van der Waals surface area contributed by atoms with Gasteiger partial charge in [0, 0.05) is 16.5 Å². The van der Waals surface area contributed by atoms with Crippen LogP contribution < -0.4 is 0 Å². The molecule has 2 nitrogen and oxygen atoms in total. The van der Waals surface area contributed by atoms with E-state index >= 15 is 0 Å². The van der Waals surface area contributed by atoms with Gasteiger partial charge in [-0.25, -0.2) is 4.79 Å². The molecule has 0 saturated carbocycles. The van der Waals surface area contributed by atoms with E-state index in [1.807, 2.05) is 0 Å². The lowest BCUT2D eigenvalue weighted by Crippen LogP contribution is -2.03. The third kappa shape index (κ3) is 1.80. The Morgan fingerprint density at radius 1 is 1.64 bits per heavy atom. The highest BCUT2D eigenvalue weighted by atomic mass is 79.9. The van der Waals surface area contributed by atoms with E-state index in [0.717, 1.165) is 10.1 Å². The van der Waals surface area contributed by atoms with Gasteiger partial charge < -0.3 is 5.11 Å². The maximum Gasteiger partial charge on any atom is 0.331 e. The summed E-state index contributed by atoms with van der Waals surface area (Å²) in [6.45, 7) is 3.71. The molecule has 0 heterocycles. The molecule has 0 amide bonds. The van der Waals surface area contributed by atoms with Crippen molar-refractivity contribution in [1.29, 1.82) is 0 Å². The van der Waals surface area contributed by atoms with Gasteiger partial charge in [-0.1, -0.05) is 28.6 Å². The molecule has 0 atom stereocenters. The quantitative estimate of drug-likeness (QED) is 0.728. The smallest absolute Gasteiger partial charge is 0.331 e. The number of hydrogen-bond donors (Lipinski definition) is 1. The van der Waals surface area contributed by atoms with Crippen LogP contribution in [0.2, 0.25) is 0 Å². The third-order valence-electron chi connectivity index (χ3n) is 1.45. The molecule has 0 spiro atoms. The Bertz CT molecular complexity index is 274. The second-order valence-electron chi connectivity index (χ2n) is 2.29. The largest absolute Gasteiger partial charge is 0.478 e. The predicted octanol–water partition coefficient (Wildman–Crippen LogP) is 2.24. The van der Waals surface area contributed by atoms with Crippen molar-refractivity contribution < 1.29 is 9.90 Å². The Balaban J connectivity index is 2.90. The molecular weight excluding hydrogens is 208 g/mol. The number of halogens is 1. The van der Waals surface area contributed by atoms with Gasteiger partial charge in [-0.15, -0.1) is 0 Å². The van der Waals surface area contributed by atoms with Gasteiger partial charge in [0.05, 0.1) is 0 Å². The van der Waals surface area contributed by atoms with Crippen molar-refractivity contribution in [3.8, 4) is 0 Å². The summed E-state index contributed by atoms with van der Waals surface area (Å²) in [7, 11) is 0. The first-order chi connectivity index (χ1) is 5.11. The Morgan fingerprint density at radius 3 is 2.73 bits per heavy atom. The number of hydrogen-bond acceptors (Lipinski definition) is 1. The molecule has 1 rings (SSSR count). The number of carbonyl (C=O) groups is 1. The Hall–Kier alpha value is -0.830. The Labute approximate surface area is 73.0 Å². The van der Waals surface area contributed by atoms with Gasteiger partial charge >= 0.3 is 5.97 Å². The van der Waals surface area contributed by atoms with E-state index in [0.29, 0.717) is 12.0 Å². The summed E-state index contributed by atoms with van der Waals surface area (Å²) in [4.78, 5) is 10.5. The molecule has 0 bridgehead atoms. The fraction of sp³-hybridized carbons (Fsp3) is 0.125. The normalized spacial score (nSPS) is 17.4. The summed E-state index contributed by atoms with van der Waals surface area (Å²) in [6, 6.07) is 0. The molecule has 0 aromatic carbocycles. The molecule has 58 valence electrons. The number of allylic oxidation sites excluding steroid dienone is 4. The van der Waals surface area contributed by atoms with Crippen molar-refractivity contribution in [3.05, 3.63) is 34.4 Å². The van der Waals surface area contributed by atoms with Gasteiger partial charge in [-0.2, -0.15) is 0 Å². The van der Waals surface area contributed by atoms with Crippen molar-refractivity contribution in [3.63, 3.8) is 0 Å². The highest BCUT2D eigenvalue weighted by Crippen LogP contribution is 2.26. The van der Waals surface area contributed by atoms with E-state index in [1.54, 1.807) is 12.2 Å². The summed E-state index contributed by atoms with van der Waals surface area (Å²) >= 11 is 3.25. The minimum absolute atomic E-state index is 0.387. The van der Waals surface area contributed by atoms with Crippen LogP contribution in [0.4, 0.5) is 0 Å². The summed E-state index contributed by atoms with van der Waals surface area (Å²) in [6.07, 6.45) is 3.71. The molecule has 0 radical (unpaired) electrons. The first kappa shape index (κ1) is 8.27. The van der Waals surface area contributed by atoms with Gasteiger partial charge in [0.15, 0.2) is 0 Å². The Morgan fingerprint density at radius 2 is 2.27 bits per heavy atom. The predicted molar refractivity (Wildman–Crippen MR) is 46.5 cm³/mol. The second-order valence-corrected chi connectivity index (χ2v) is 3.15. The first-order valence-corrected chi connectivity index (χ1v) is 3.88. The second kappa shape index (κ2) is 3.05. The van der Waals surface area contributed by atoms with Crippen LogP contribution in [0.5, 0.6) is 0 Å². The summed E-state index contributed by atoms with van der Waals surface area (Å²) in [5.74, 6) is -0.873. The van der Waals surface area contributed by atoms with Crippen molar-refractivity contribution >= 4 is 21.9 Å². The molecule has 11 heavy (non-hydrogen) atoms. The molecule has 0 aromatic heterocycles. The van der Waals surface area contributed by atoms with Crippen LogP contribution in [0.25, 0.3) is 0 Å². The van der Waals surface area contributed by atoms with Crippen molar-refractivity contribution in [1.82, 2.24) is 0 Å². The van der Waals surface area contributed by atoms with E-state index in [2.05, 4.69) is 22.5 Å². The SMILES string of the molecule is C=C1CC(C(=O)O)=CC=C1Br. The van der Waals surface area contributed by atoms with Crippen LogP contribution in [0.15, 0.2) is 34.4 Å². The molecule has 0 aliphatic heterocycles. The van der Waals surface area contributed by atoms with Gasteiger partial charge in [0.25, 0.3) is 0 Å². The molecule has 0 saturated heterocycles. The van der Waals surface area contributed by atoms with Crippen molar-refractivity contribution in [2.45, 2.75) is 6.42 Å². The zero-order chi connectivity index (χ0) is 8.43. The van der Waals surface area contributed by atoms with Gasteiger partial charge in [-0.05, 0) is 11.6 Å². The van der Waals surface area contributed by atoms with Crippen LogP contribution in [0, 0.1) is 0 Å². The van der Waals surface area contributed by atoms with E-state index in [9.17, 15) is 4.79 Å². The van der Waals surface area contributed by atoms with Crippen molar-refractivity contribution in [2.75, 3.05) is 0 Å². The minimum atomic E-state index is -0.873. The molecule has 3 heteroatoms. The van der Waals surface area contributed by atoms with Crippen molar-refractivity contribution in [2.24, 2.45) is 0 Å². The minimum Gasteiger partial charge on any atom is -0.478 e. The van der Waals surface area contributed by atoms with Crippen LogP contribution in [-0.4, -0.2) is 11.1 Å². The number of carboxylic acid groups (broad SMARTS) is 1. The molecule has 1 N–H and O–H groups in total. The van der Waals surface area contributed by atoms with E-state index < -0.39 is 5.97 Å². The third-order valence-corrected chi connectivity index (χ3v) is 2.27. The fourth-order valence-corrected chi connectivity index (χ4v) is 1.08. The molecule has 0 unspecified atom stereocenters. The molecule has 0 aromatic rings. The van der Waals surface area contributed by atoms with E-state index in [1.165, 1.54) is 0 Å². The summed E-state index contributed by atoms with van der Waals surface area (Å²) < 4.78 is 0.877. The fourth-order valence-electron chi connectivity index (χ4n) is 0.812. The average molecular weight is 215 g/mol. The topological polar surface area (TPSA) is 37.3 Å². The molecule has 1 aliphatic carbocycles. The summed E-state index contributed by atoms with van der Waals surface area (Å²) in [5, 5.41) is 8.59. The standard InChI is InChI=1S/C8H7BrO2/c1-5-4-6(8(10)11)2-3-7(5)9/h2-3H,1,4H2,(H,10,11). The summed E-state index contributed by atoms with van der Waals surface area (Å²) in [5.41, 5.74) is 1.20. The number of aliphatic carboxylic acids is 1. The zero-order valence-corrected chi connectivity index (χ0v) is 7.39. The van der Waals surface area contributed by atoms with Crippen LogP contribution >= 0.6 is 15.9 Å². The molecule has 1 aliphatic rings. The highest BCUT2D eigenvalue weighted by molar-refractivity contribution is 9.12. The van der Waals surface area contributed by atoms with Gasteiger partial charge in [-0.3, -0.25) is 0 Å². The average Bonchev–Trinajstić information content (AvgIpc) is 1.94. The van der Waals surface area contributed by atoms with Crippen LogP contribution in [0.3, 0.4) is 0 Å². The van der Waals surface area contributed by atoms with Gasteiger partial charge in [0.1, 0.15) is 0 Å². The van der Waals surface area contributed by atoms with Gasteiger partial charge in [0.2, 0.25) is 0 Å². The first-order valence-electron chi connectivity index (χ1n) is 3.09. The monoisotopic (exact) mass is 214 g/mol. The maximum atomic E-state index is 10.5. The highest BCUT2D eigenvalue weighted by Gasteiger charge is 2.13. The van der Waals surface area contributed by atoms with E-state index in [-0.39, 0.29) is 0 Å². The van der Waals surface area contributed by atoms with Crippen LogP contribution in [0.1, 0.15) is 6.42 Å². The molecule has 0 fully saturated rings. The molecular formula is C8H7BrO2. The van der Waals surface area contributed by atoms with E-state index in [4.69, 9.17) is 5.11 Å². The maximum absolute atomic E-state index is 10.5. The number of carboxylic acids is 1. The Kier molecular flexibility index (Phi) is 2.29. The lowest BCUT2D eigenvalue weighted by atomic mass is 10.0. The lowest BCUT2D eigenvalue weighted by Gasteiger charge is -2.09. The number of rotatable bonds is 1. The van der Waals surface area contributed by atoms with Crippen LogP contribution in [-0.2, 0) is 4.79 Å². The zero-order valence-electron chi connectivity index (χ0n) is 5.80.